The molecule has 0 unspecified atom stereocenters. The Balaban J connectivity index is 1.65. The van der Waals surface area contributed by atoms with Crippen LogP contribution in [0.3, 0.4) is 0 Å². The first-order chi connectivity index (χ1) is 14.1. The second-order valence-corrected chi connectivity index (χ2v) is 7.32. The van der Waals surface area contributed by atoms with Crippen molar-refractivity contribution in [3.63, 3.8) is 0 Å². The molecule has 0 saturated carbocycles. The van der Waals surface area contributed by atoms with Crippen molar-refractivity contribution in [1.29, 1.82) is 0 Å². The summed E-state index contributed by atoms with van der Waals surface area (Å²) in [5.41, 5.74) is 2.18. The van der Waals surface area contributed by atoms with Gasteiger partial charge in [0.2, 0.25) is 11.8 Å². The number of amides is 2. The van der Waals surface area contributed by atoms with Gasteiger partial charge in [0.25, 0.3) is 0 Å². The molecule has 1 fully saturated rings. The number of ether oxygens (including phenoxy) is 1. The van der Waals surface area contributed by atoms with Crippen molar-refractivity contribution in [1.82, 2.24) is 14.7 Å². The van der Waals surface area contributed by atoms with E-state index in [2.05, 4.69) is 29.2 Å². The fourth-order valence-corrected chi connectivity index (χ4v) is 3.73. The highest BCUT2D eigenvalue weighted by atomic mass is 16.5. The van der Waals surface area contributed by atoms with Crippen molar-refractivity contribution in [3.8, 4) is 0 Å². The summed E-state index contributed by atoms with van der Waals surface area (Å²) in [6, 6.07) is 20.1. The van der Waals surface area contributed by atoms with Crippen molar-refractivity contribution in [3.05, 3.63) is 71.8 Å². The fraction of sp³-hybridized carbons (Fsp3) is 0.391. The van der Waals surface area contributed by atoms with Crippen LogP contribution in [0.4, 0.5) is 0 Å². The van der Waals surface area contributed by atoms with E-state index in [-0.39, 0.29) is 24.5 Å². The number of hydrogen-bond donors (Lipinski definition) is 0. The van der Waals surface area contributed by atoms with Crippen LogP contribution in [0, 0.1) is 0 Å². The molecule has 6 heteroatoms. The van der Waals surface area contributed by atoms with Gasteiger partial charge < -0.3 is 14.5 Å². The van der Waals surface area contributed by atoms with Gasteiger partial charge in [-0.05, 0) is 11.1 Å². The van der Waals surface area contributed by atoms with Gasteiger partial charge in [-0.15, -0.1) is 0 Å². The number of carbonyl (C=O) groups excluding carboxylic acids is 2. The summed E-state index contributed by atoms with van der Waals surface area (Å²) in [5.74, 6) is 0.0724. The SMILES string of the molecule is COCC(=O)N1CCN(CC(=O)N(C)C(c2ccccc2)c2ccccc2)CC1. The second-order valence-electron chi connectivity index (χ2n) is 7.32. The minimum Gasteiger partial charge on any atom is -0.375 e. The van der Waals surface area contributed by atoms with Gasteiger partial charge in [0.1, 0.15) is 6.61 Å². The molecule has 0 aliphatic carbocycles. The first-order valence-electron chi connectivity index (χ1n) is 9.94. The Morgan fingerprint density at radius 3 is 1.93 bits per heavy atom. The topological polar surface area (TPSA) is 53.1 Å². The standard InChI is InChI=1S/C23H29N3O3/c1-24(21(27)17-25-13-15-26(16-14-25)22(28)18-29-2)23(19-9-5-3-6-10-19)20-11-7-4-8-12-20/h3-12,23H,13-18H2,1-2H3. The fourth-order valence-electron chi connectivity index (χ4n) is 3.73. The number of methoxy groups -OCH3 is 1. The van der Waals surface area contributed by atoms with E-state index >= 15 is 0 Å². The van der Waals surface area contributed by atoms with E-state index in [9.17, 15) is 9.59 Å². The molecule has 1 heterocycles. The van der Waals surface area contributed by atoms with Gasteiger partial charge in [-0.2, -0.15) is 0 Å². The highest BCUT2D eigenvalue weighted by Gasteiger charge is 2.27. The summed E-state index contributed by atoms with van der Waals surface area (Å²) in [6.07, 6.45) is 0. The van der Waals surface area contributed by atoms with Gasteiger partial charge in [-0.1, -0.05) is 60.7 Å². The summed E-state index contributed by atoms with van der Waals surface area (Å²) < 4.78 is 4.92. The maximum atomic E-state index is 13.1. The average Bonchev–Trinajstić information content (AvgIpc) is 2.76. The molecule has 0 aromatic heterocycles. The zero-order chi connectivity index (χ0) is 20.6. The highest BCUT2D eigenvalue weighted by molar-refractivity contribution is 5.79. The molecule has 29 heavy (non-hydrogen) atoms. The lowest BCUT2D eigenvalue weighted by Crippen LogP contribution is -2.52. The van der Waals surface area contributed by atoms with Crippen LogP contribution in [0.15, 0.2) is 60.7 Å². The van der Waals surface area contributed by atoms with Gasteiger partial charge >= 0.3 is 0 Å². The quantitative estimate of drug-likeness (QED) is 0.720. The Hall–Kier alpha value is -2.70. The average molecular weight is 396 g/mol. The van der Waals surface area contributed by atoms with E-state index in [0.29, 0.717) is 32.7 Å². The van der Waals surface area contributed by atoms with Crippen molar-refractivity contribution in [2.24, 2.45) is 0 Å². The van der Waals surface area contributed by atoms with Crippen LogP contribution in [0.1, 0.15) is 17.2 Å². The molecule has 1 saturated heterocycles. The molecule has 3 rings (SSSR count). The number of nitrogens with zero attached hydrogens (tertiary/aromatic N) is 3. The van der Waals surface area contributed by atoms with Crippen molar-refractivity contribution >= 4 is 11.8 Å². The Labute approximate surface area is 172 Å². The second kappa shape index (κ2) is 10.2. The zero-order valence-corrected chi connectivity index (χ0v) is 17.2. The Morgan fingerprint density at radius 2 is 1.45 bits per heavy atom. The molecule has 6 nitrogen and oxygen atoms in total. The molecule has 2 amide bonds. The van der Waals surface area contributed by atoms with E-state index in [4.69, 9.17) is 4.74 Å². The summed E-state index contributed by atoms with van der Waals surface area (Å²) in [7, 11) is 3.39. The number of rotatable bonds is 7. The molecule has 0 bridgehead atoms. The van der Waals surface area contributed by atoms with Gasteiger partial charge in [0.15, 0.2) is 0 Å². The largest absolute Gasteiger partial charge is 0.375 e. The minimum atomic E-state index is -0.130. The maximum absolute atomic E-state index is 13.1. The number of carbonyl (C=O) groups is 2. The van der Waals surface area contributed by atoms with Crippen molar-refractivity contribution < 1.29 is 14.3 Å². The van der Waals surface area contributed by atoms with E-state index in [0.717, 1.165) is 11.1 Å². The van der Waals surface area contributed by atoms with E-state index < -0.39 is 0 Å². The molecular formula is C23H29N3O3. The lowest BCUT2D eigenvalue weighted by Gasteiger charge is -2.36. The molecule has 0 N–H and O–H groups in total. The normalized spacial score (nSPS) is 14.8. The monoisotopic (exact) mass is 395 g/mol. The number of piperazine rings is 1. The number of likely N-dealkylation sites (N-methyl/N-ethyl adjacent to an activating group) is 1. The molecule has 1 aliphatic rings. The highest BCUT2D eigenvalue weighted by Crippen LogP contribution is 2.27. The lowest BCUT2D eigenvalue weighted by molar-refractivity contribution is -0.138. The number of benzene rings is 2. The van der Waals surface area contributed by atoms with Crippen LogP contribution < -0.4 is 0 Å². The van der Waals surface area contributed by atoms with Crippen LogP contribution in [0.25, 0.3) is 0 Å². The summed E-state index contributed by atoms with van der Waals surface area (Å²) in [5, 5.41) is 0. The Morgan fingerprint density at radius 1 is 0.931 bits per heavy atom. The van der Waals surface area contributed by atoms with Gasteiger partial charge in [0, 0.05) is 40.3 Å². The van der Waals surface area contributed by atoms with Crippen molar-refractivity contribution in [2.45, 2.75) is 6.04 Å². The molecule has 2 aromatic carbocycles. The van der Waals surface area contributed by atoms with Crippen LogP contribution in [-0.4, -0.2) is 80.0 Å². The van der Waals surface area contributed by atoms with Crippen LogP contribution in [-0.2, 0) is 14.3 Å². The van der Waals surface area contributed by atoms with Crippen LogP contribution >= 0.6 is 0 Å². The molecule has 0 spiro atoms. The third-order valence-corrected chi connectivity index (χ3v) is 5.36. The van der Waals surface area contributed by atoms with Gasteiger partial charge in [-0.3, -0.25) is 14.5 Å². The molecule has 0 atom stereocenters. The summed E-state index contributed by atoms with van der Waals surface area (Å²) >= 11 is 0. The molecule has 154 valence electrons. The lowest BCUT2D eigenvalue weighted by atomic mass is 9.97. The first kappa shape index (κ1) is 21.0. The summed E-state index contributed by atoms with van der Waals surface area (Å²) in [6.45, 7) is 3.09. The number of hydrogen-bond acceptors (Lipinski definition) is 4. The maximum Gasteiger partial charge on any atom is 0.248 e. The van der Waals surface area contributed by atoms with Crippen molar-refractivity contribution in [2.75, 3.05) is 53.5 Å². The van der Waals surface area contributed by atoms with E-state index in [1.165, 1.54) is 7.11 Å². The molecule has 0 radical (unpaired) electrons. The minimum absolute atomic E-state index is 0.00353. The van der Waals surface area contributed by atoms with E-state index in [1.54, 1.807) is 4.90 Å². The third-order valence-electron chi connectivity index (χ3n) is 5.36. The van der Waals surface area contributed by atoms with Gasteiger partial charge in [-0.25, -0.2) is 0 Å². The zero-order valence-electron chi connectivity index (χ0n) is 17.2. The Bertz CT molecular complexity index is 750. The van der Waals surface area contributed by atoms with Crippen LogP contribution in [0.5, 0.6) is 0 Å². The van der Waals surface area contributed by atoms with E-state index in [1.807, 2.05) is 48.3 Å². The predicted octanol–water partition coefficient (Wildman–Crippen LogP) is 2.02. The summed E-state index contributed by atoms with van der Waals surface area (Å²) in [4.78, 5) is 30.8. The first-order valence-corrected chi connectivity index (χ1v) is 9.94. The molecular weight excluding hydrogens is 366 g/mol. The molecule has 1 aliphatic heterocycles. The van der Waals surface area contributed by atoms with Crippen LogP contribution in [0.2, 0.25) is 0 Å². The van der Waals surface area contributed by atoms with Gasteiger partial charge in [0.05, 0.1) is 12.6 Å². The predicted molar refractivity (Wildman–Crippen MR) is 112 cm³/mol. The third kappa shape index (κ3) is 5.43. The molecule has 2 aromatic rings. The Kier molecular flexibility index (Phi) is 7.38. The smallest absolute Gasteiger partial charge is 0.248 e.